The van der Waals surface area contributed by atoms with Gasteiger partial charge >= 0.3 is 0 Å². The maximum atomic E-state index is 13.6. The van der Waals surface area contributed by atoms with Gasteiger partial charge in [-0.3, -0.25) is 0 Å². The number of nitrogens with one attached hydrogen (secondary N) is 1. The maximum Gasteiger partial charge on any atom is 0.133 e. The van der Waals surface area contributed by atoms with Crippen LogP contribution in [-0.4, -0.2) is 12.0 Å². The fourth-order valence-corrected chi connectivity index (χ4v) is 1.72. The number of rotatable bonds is 3. The molecule has 2 aromatic rings. The minimum atomic E-state index is -0.607. The Hall–Kier alpha value is -2.23. The van der Waals surface area contributed by atoms with Crippen molar-refractivity contribution >= 4 is 11.9 Å². The zero-order valence-corrected chi connectivity index (χ0v) is 9.87. The zero-order valence-electron chi connectivity index (χ0n) is 9.87. The van der Waals surface area contributed by atoms with Crippen LogP contribution in [0, 0.1) is 11.6 Å². The van der Waals surface area contributed by atoms with E-state index in [1.165, 1.54) is 18.3 Å². The molecule has 0 aliphatic carbocycles. The van der Waals surface area contributed by atoms with E-state index in [0.717, 1.165) is 11.6 Å². The molecule has 0 atom stereocenters. The van der Waals surface area contributed by atoms with Gasteiger partial charge in [-0.15, -0.1) is 0 Å². The second-order valence-corrected chi connectivity index (χ2v) is 3.74. The van der Waals surface area contributed by atoms with Crippen LogP contribution in [0.4, 0.5) is 14.6 Å². The monoisotopic (exact) mass is 246 g/mol. The molecule has 0 aliphatic heterocycles. The van der Waals surface area contributed by atoms with Crippen molar-refractivity contribution in [1.82, 2.24) is 4.98 Å². The van der Waals surface area contributed by atoms with Crippen LogP contribution in [0.3, 0.4) is 0 Å². The Morgan fingerprint density at radius 3 is 2.67 bits per heavy atom. The molecule has 0 aliphatic rings. The van der Waals surface area contributed by atoms with Crippen LogP contribution >= 0.6 is 0 Å². The van der Waals surface area contributed by atoms with E-state index >= 15 is 0 Å². The molecule has 0 radical (unpaired) electrons. The first-order valence-electron chi connectivity index (χ1n) is 5.41. The molecular weight excluding hydrogens is 234 g/mol. The summed E-state index contributed by atoms with van der Waals surface area (Å²) in [5, 5.41) is 2.91. The molecule has 2 nitrogen and oxygen atoms in total. The number of pyridine rings is 1. The van der Waals surface area contributed by atoms with Crippen molar-refractivity contribution in [2.24, 2.45) is 0 Å². The molecule has 92 valence electrons. The van der Waals surface area contributed by atoms with E-state index in [0.29, 0.717) is 16.9 Å². The summed E-state index contributed by atoms with van der Waals surface area (Å²) >= 11 is 0. The molecule has 0 bridgehead atoms. The summed E-state index contributed by atoms with van der Waals surface area (Å²) in [6, 6.07) is 5.22. The Morgan fingerprint density at radius 2 is 2.06 bits per heavy atom. The minimum Gasteiger partial charge on any atom is -0.373 e. The average Bonchev–Trinajstić information content (AvgIpc) is 2.38. The third kappa shape index (κ3) is 2.22. The number of aromatic nitrogens is 1. The second kappa shape index (κ2) is 4.96. The first-order valence-corrected chi connectivity index (χ1v) is 5.41. The van der Waals surface area contributed by atoms with Gasteiger partial charge in [-0.1, -0.05) is 12.7 Å². The van der Waals surface area contributed by atoms with E-state index in [1.807, 2.05) is 0 Å². The molecule has 18 heavy (non-hydrogen) atoms. The molecule has 1 heterocycles. The average molecular weight is 246 g/mol. The van der Waals surface area contributed by atoms with Crippen molar-refractivity contribution in [2.75, 3.05) is 12.4 Å². The largest absolute Gasteiger partial charge is 0.373 e. The Bertz CT molecular complexity index is 594. The number of hydrogen-bond donors (Lipinski definition) is 1. The zero-order chi connectivity index (χ0) is 13.1. The van der Waals surface area contributed by atoms with Crippen LogP contribution in [0.1, 0.15) is 5.56 Å². The summed E-state index contributed by atoms with van der Waals surface area (Å²) in [6.45, 7) is 3.68. The van der Waals surface area contributed by atoms with Crippen molar-refractivity contribution < 1.29 is 8.78 Å². The van der Waals surface area contributed by atoms with Gasteiger partial charge < -0.3 is 5.32 Å². The van der Waals surface area contributed by atoms with Gasteiger partial charge in [0.2, 0.25) is 0 Å². The molecule has 2 rings (SSSR count). The van der Waals surface area contributed by atoms with Gasteiger partial charge in [0.05, 0.1) is 0 Å². The van der Waals surface area contributed by atoms with Crippen molar-refractivity contribution in [3.8, 4) is 11.1 Å². The van der Waals surface area contributed by atoms with Gasteiger partial charge in [-0.25, -0.2) is 13.8 Å². The van der Waals surface area contributed by atoms with Crippen LogP contribution in [0.2, 0.25) is 0 Å². The minimum absolute atomic E-state index is 0.314. The second-order valence-electron chi connectivity index (χ2n) is 3.74. The molecule has 1 aromatic carbocycles. The lowest BCUT2D eigenvalue weighted by Gasteiger charge is -2.08. The van der Waals surface area contributed by atoms with Crippen LogP contribution in [0.5, 0.6) is 0 Å². The van der Waals surface area contributed by atoms with Crippen molar-refractivity contribution in [3.63, 3.8) is 0 Å². The predicted octanol–water partition coefficient (Wildman–Crippen LogP) is 3.71. The molecule has 0 saturated carbocycles. The molecule has 0 fully saturated rings. The topological polar surface area (TPSA) is 24.9 Å². The van der Waals surface area contributed by atoms with Gasteiger partial charge in [0.25, 0.3) is 0 Å². The quantitative estimate of drug-likeness (QED) is 0.893. The summed E-state index contributed by atoms with van der Waals surface area (Å²) in [5.74, 6) is -0.541. The third-order valence-corrected chi connectivity index (χ3v) is 2.62. The highest BCUT2D eigenvalue weighted by Gasteiger charge is 2.08. The fraction of sp³-hybridized carbons (Fsp3) is 0.0714. The van der Waals surface area contributed by atoms with Gasteiger partial charge in [0, 0.05) is 36.0 Å². The number of benzene rings is 1. The van der Waals surface area contributed by atoms with Crippen molar-refractivity contribution in [2.45, 2.75) is 0 Å². The molecule has 0 saturated heterocycles. The van der Waals surface area contributed by atoms with Crippen LogP contribution in [0.25, 0.3) is 17.2 Å². The van der Waals surface area contributed by atoms with Gasteiger partial charge in [-0.2, -0.15) is 0 Å². The number of halogens is 2. The lowest BCUT2D eigenvalue weighted by molar-refractivity contribution is 0.585. The Kier molecular flexibility index (Phi) is 3.37. The lowest BCUT2D eigenvalue weighted by Crippen LogP contribution is -1.96. The Labute approximate surface area is 104 Å². The summed E-state index contributed by atoms with van der Waals surface area (Å²) in [6.07, 6.45) is 3.17. The van der Waals surface area contributed by atoms with Crippen LogP contribution < -0.4 is 5.32 Å². The van der Waals surface area contributed by atoms with Crippen LogP contribution in [-0.2, 0) is 0 Å². The first-order chi connectivity index (χ1) is 8.65. The predicted molar refractivity (Wildman–Crippen MR) is 69.2 cm³/mol. The number of anilines is 1. The summed E-state index contributed by atoms with van der Waals surface area (Å²) in [7, 11) is 1.74. The molecular formula is C14H12F2N2. The molecule has 1 aromatic heterocycles. The summed E-state index contributed by atoms with van der Waals surface area (Å²) in [4.78, 5) is 4.17. The highest BCUT2D eigenvalue weighted by Crippen LogP contribution is 2.26. The molecule has 0 unspecified atom stereocenters. The van der Waals surface area contributed by atoms with E-state index in [4.69, 9.17) is 0 Å². The first kappa shape index (κ1) is 12.2. The van der Waals surface area contributed by atoms with E-state index in [9.17, 15) is 8.78 Å². The Balaban J connectivity index is 2.54. The van der Waals surface area contributed by atoms with E-state index < -0.39 is 11.6 Å². The van der Waals surface area contributed by atoms with Crippen LogP contribution in [0.15, 0.2) is 37.0 Å². The lowest BCUT2D eigenvalue weighted by atomic mass is 10.0. The van der Waals surface area contributed by atoms with Crippen molar-refractivity contribution in [1.29, 1.82) is 0 Å². The molecule has 4 heteroatoms. The normalized spacial score (nSPS) is 10.2. The standard InChI is InChI=1S/C14H12F2N2/c1-3-9-6-10(8-18-14(9)17-2)12-5-4-11(15)7-13(12)16/h3-8H,1H2,2H3,(H,17,18). The molecule has 0 amide bonds. The van der Waals surface area contributed by atoms with Gasteiger partial charge in [0.15, 0.2) is 0 Å². The van der Waals surface area contributed by atoms with E-state index in [-0.39, 0.29) is 0 Å². The van der Waals surface area contributed by atoms with E-state index in [1.54, 1.807) is 19.2 Å². The smallest absolute Gasteiger partial charge is 0.133 e. The number of nitrogens with zero attached hydrogens (tertiary/aromatic N) is 1. The molecule has 0 spiro atoms. The Morgan fingerprint density at radius 1 is 1.28 bits per heavy atom. The maximum absolute atomic E-state index is 13.6. The fourth-order valence-electron chi connectivity index (χ4n) is 1.72. The van der Waals surface area contributed by atoms with Crippen molar-refractivity contribution in [3.05, 3.63) is 54.2 Å². The van der Waals surface area contributed by atoms with Gasteiger partial charge in [0.1, 0.15) is 17.5 Å². The van der Waals surface area contributed by atoms with E-state index in [2.05, 4.69) is 16.9 Å². The third-order valence-electron chi connectivity index (χ3n) is 2.62. The highest BCUT2D eigenvalue weighted by molar-refractivity contribution is 5.71. The molecule has 1 N–H and O–H groups in total. The summed E-state index contributed by atoms with van der Waals surface area (Å²) < 4.78 is 26.5. The highest BCUT2D eigenvalue weighted by atomic mass is 19.1. The SMILES string of the molecule is C=Cc1cc(-c2ccc(F)cc2F)cnc1NC. The summed E-state index contributed by atoms with van der Waals surface area (Å²) in [5.41, 5.74) is 1.66. The van der Waals surface area contributed by atoms with Gasteiger partial charge in [-0.05, 0) is 18.2 Å². The number of hydrogen-bond acceptors (Lipinski definition) is 2.